The first-order valence-corrected chi connectivity index (χ1v) is 6.01. The number of hydrogen-bond acceptors (Lipinski definition) is 2. The average molecular weight is 368 g/mol. The summed E-state index contributed by atoms with van der Waals surface area (Å²) in [6, 6.07) is 3.73. The Morgan fingerprint density at radius 1 is 1.33 bits per heavy atom. The van der Waals surface area contributed by atoms with E-state index in [0.29, 0.717) is 5.69 Å². The average Bonchev–Trinajstić information content (AvgIpc) is 2.74. The first kappa shape index (κ1) is 13.3. The molecule has 2 rings (SSSR count). The van der Waals surface area contributed by atoms with Crippen LogP contribution in [-0.4, -0.2) is 14.9 Å². The molecule has 1 aromatic carbocycles. The molecule has 0 spiro atoms. The molecule has 0 radical (unpaired) electrons. The van der Waals surface area contributed by atoms with E-state index >= 15 is 0 Å². The predicted octanol–water partition coefficient (Wildman–Crippen LogP) is 2.99. The summed E-state index contributed by atoms with van der Waals surface area (Å²) < 4.78 is 40.6. The molecule has 0 aliphatic carbocycles. The van der Waals surface area contributed by atoms with E-state index in [2.05, 4.69) is 5.10 Å². The van der Waals surface area contributed by atoms with Crippen LogP contribution in [0.5, 0.6) is 0 Å². The molecule has 0 unspecified atom stereocenters. The maximum Gasteiger partial charge on any atom is 0.416 e. The van der Waals surface area contributed by atoms with Gasteiger partial charge in [-0.3, -0.25) is 0 Å². The summed E-state index contributed by atoms with van der Waals surface area (Å²) in [4.78, 5) is 0. The molecule has 0 saturated heterocycles. The lowest BCUT2D eigenvalue weighted by molar-refractivity contribution is -0.138. The van der Waals surface area contributed by atoms with Crippen molar-refractivity contribution in [2.45, 2.75) is 12.8 Å². The molecular formula is C11H8F3IN2O. The van der Waals surface area contributed by atoms with Gasteiger partial charge in [0.1, 0.15) is 0 Å². The van der Waals surface area contributed by atoms with E-state index in [0.717, 1.165) is 9.64 Å². The summed E-state index contributed by atoms with van der Waals surface area (Å²) in [5.41, 5.74) is -0.677. The Labute approximate surface area is 114 Å². The first-order chi connectivity index (χ1) is 8.41. The van der Waals surface area contributed by atoms with Crippen LogP contribution in [0.15, 0.2) is 30.6 Å². The van der Waals surface area contributed by atoms with Crippen LogP contribution < -0.4 is 0 Å². The van der Waals surface area contributed by atoms with Gasteiger partial charge in [0.05, 0.1) is 27.6 Å². The minimum Gasteiger partial charge on any atom is -0.392 e. The fourth-order valence-corrected chi connectivity index (χ4v) is 1.94. The Morgan fingerprint density at radius 2 is 2.06 bits per heavy atom. The topological polar surface area (TPSA) is 38.0 Å². The summed E-state index contributed by atoms with van der Waals surface area (Å²) in [6.07, 6.45) is -1.32. The third-order valence-corrected chi connectivity index (χ3v) is 2.94. The van der Waals surface area contributed by atoms with Crippen LogP contribution in [0.1, 0.15) is 11.1 Å². The summed E-state index contributed by atoms with van der Waals surface area (Å²) in [6.45, 7) is -0.647. The zero-order chi connectivity index (χ0) is 13.3. The maximum atomic E-state index is 12.8. The van der Waals surface area contributed by atoms with Gasteiger partial charge in [0.15, 0.2) is 0 Å². The molecule has 0 aliphatic heterocycles. The van der Waals surface area contributed by atoms with E-state index in [1.54, 1.807) is 12.4 Å². The van der Waals surface area contributed by atoms with E-state index in [-0.39, 0.29) is 5.56 Å². The molecule has 1 aromatic heterocycles. The summed E-state index contributed by atoms with van der Waals surface area (Å²) in [7, 11) is 0. The zero-order valence-corrected chi connectivity index (χ0v) is 11.1. The molecule has 7 heteroatoms. The fraction of sp³-hybridized carbons (Fsp3) is 0.182. The summed E-state index contributed by atoms with van der Waals surface area (Å²) in [5, 5.41) is 12.9. The molecule has 96 valence electrons. The number of alkyl halides is 3. The van der Waals surface area contributed by atoms with Crippen molar-refractivity contribution in [3.05, 3.63) is 45.3 Å². The first-order valence-electron chi connectivity index (χ1n) is 4.93. The zero-order valence-electron chi connectivity index (χ0n) is 8.95. The Morgan fingerprint density at radius 3 is 2.56 bits per heavy atom. The number of benzene rings is 1. The Balaban J connectivity index is 2.52. The molecule has 0 amide bonds. The normalized spacial score (nSPS) is 11.8. The van der Waals surface area contributed by atoms with Crippen molar-refractivity contribution in [3.63, 3.8) is 0 Å². The number of nitrogens with zero attached hydrogens (tertiary/aromatic N) is 2. The molecule has 18 heavy (non-hydrogen) atoms. The van der Waals surface area contributed by atoms with Crippen molar-refractivity contribution in [2.75, 3.05) is 0 Å². The molecule has 0 bridgehead atoms. The van der Waals surface area contributed by atoms with Gasteiger partial charge in [-0.1, -0.05) is 6.07 Å². The van der Waals surface area contributed by atoms with Gasteiger partial charge < -0.3 is 5.11 Å². The second-order valence-corrected chi connectivity index (χ2v) is 4.85. The third-order valence-electron chi connectivity index (χ3n) is 2.38. The summed E-state index contributed by atoms with van der Waals surface area (Å²) in [5.74, 6) is 0. The van der Waals surface area contributed by atoms with Gasteiger partial charge in [0, 0.05) is 6.20 Å². The fourth-order valence-electron chi connectivity index (χ4n) is 1.55. The van der Waals surface area contributed by atoms with Gasteiger partial charge in [0.2, 0.25) is 0 Å². The van der Waals surface area contributed by atoms with Crippen LogP contribution in [0.2, 0.25) is 0 Å². The highest BCUT2D eigenvalue weighted by Gasteiger charge is 2.33. The van der Waals surface area contributed by atoms with Gasteiger partial charge in [-0.25, -0.2) is 4.68 Å². The minimum absolute atomic E-state index is 0.145. The standard InChI is InChI=1S/C11H8F3IN2O/c12-11(13,14)10-3-9(2-1-7(10)6-18)17-5-8(15)4-16-17/h1-5,18H,6H2. The van der Waals surface area contributed by atoms with Gasteiger partial charge in [-0.15, -0.1) is 0 Å². The van der Waals surface area contributed by atoms with Crippen molar-refractivity contribution in [3.8, 4) is 5.69 Å². The van der Waals surface area contributed by atoms with Crippen molar-refractivity contribution in [1.29, 1.82) is 0 Å². The number of aliphatic hydroxyl groups excluding tert-OH is 1. The molecule has 0 atom stereocenters. The highest BCUT2D eigenvalue weighted by atomic mass is 127. The van der Waals surface area contributed by atoms with Gasteiger partial charge in [-0.2, -0.15) is 18.3 Å². The highest BCUT2D eigenvalue weighted by Crippen LogP contribution is 2.33. The largest absolute Gasteiger partial charge is 0.416 e. The molecule has 2 aromatic rings. The number of halogens is 4. The van der Waals surface area contributed by atoms with Crippen molar-refractivity contribution in [2.24, 2.45) is 0 Å². The van der Waals surface area contributed by atoms with E-state index in [9.17, 15) is 13.2 Å². The number of hydrogen-bond donors (Lipinski definition) is 1. The van der Waals surface area contributed by atoms with E-state index < -0.39 is 18.3 Å². The van der Waals surface area contributed by atoms with Crippen LogP contribution >= 0.6 is 22.6 Å². The van der Waals surface area contributed by atoms with E-state index in [1.807, 2.05) is 22.6 Å². The second kappa shape index (κ2) is 4.88. The summed E-state index contributed by atoms with van der Waals surface area (Å²) >= 11 is 2.02. The number of aromatic nitrogens is 2. The molecule has 3 nitrogen and oxygen atoms in total. The van der Waals surface area contributed by atoms with Crippen LogP contribution in [0.4, 0.5) is 13.2 Å². The SMILES string of the molecule is OCc1ccc(-n2cc(I)cn2)cc1C(F)(F)F. The Kier molecular flexibility index (Phi) is 3.62. The van der Waals surface area contributed by atoms with Crippen molar-refractivity contribution < 1.29 is 18.3 Å². The quantitative estimate of drug-likeness (QED) is 0.828. The van der Waals surface area contributed by atoms with Crippen LogP contribution in [0.25, 0.3) is 5.69 Å². The third kappa shape index (κ3) is 2.66. The van der Waals surface area contributed by atoms with Crippen molar-refractivity contribution >= 4 is 22.6 Å². The highest BCUT2D eigenvalue weighted by molar-refractivity contribution is 14.1. The Hall–Kier alpha value is -1.09. The molecule has 0 fully saturated rings. The maximum absolute atomic E-state index is 12.8. The Bertz CT molecular complexity index is 566. The van der Waals surface area contributed by atoms with Crippen LogP contribution in [0.3, 0.4) is 0 Å². The molecule has 0 aliphatic rings. The number of aliphatic hydroxyl groups is 1. The lowest BCUT2D eigenvalue weighted by Gasteiger charge is -2.13. The van der Waals surface area contributed by atoms with Gasteiger partial charge in [0.25, 0.3) is 0 Å². The monoisotopic (exact) mass is 368 g/mol. The lowest BCUT2D eigenvalue weighted by Crippen LogP contribution is -2.10. The van der Waals surface area contributed by atoms with Crippen LogP contribution in [0, 0.1) is 3.57 Å². The van der Waals surface area contributed by atoms with E-state index in [1.165, 1.54) is 16.8 Å². The van der Waals surface area contributed by atoms with Gasteiger partial charge in [-0.05, 0) is 40.3 Å². The van der Waals surface area contributed by atoms with Gasteiger partial charge >= 0.3 is 6.18 Å². The smallest absolute Gasteiger partial charge is 0.392 e. The molecule has 0 saturated carbocycles. The molecule has 1 N–H and O–H groups in total. The minimum atomic E-state index is -4.49. The predicted molar refractivity (Wildman–Crippen MR) is 67.2 cm³/mol. The molecule has 1 heterocycles. The van der Waals surface area contributed by atoms with Crippen LogP contribution in [-0.2, 0) is 12.8 Å². The van der Waals surface area contributed by atoms with E-state index in [4.69, 9.17) is 5.11 Å². The molecular weight excluding hydrogens is 360 g/mol. The lowest BCUT2D eigenvalue weighted by atomic mass is 10.1. The second-order valence-electron chi connectivity index (χ2n) is 3.60. The van der Waals surface area contributed by atoms with Crippen molar-refractivity contribution in [1.82, 2.24) is 9.78 Å². The number of rotatable bonds is 2.